The van der Waals surface area contributed by atoms with Crippen molar-refractivity contribution in [2.24, 2.45) is 10.4 Å². The average Bonchev–Trinajstić information content (AvgIpc) is 2.78. The summed E-state index contributed by atoms with van der Waals surface area (Å²) in [6, 6.07) is 0.533. The van der Waals surface area contributed by atoms with Gasteiger partial charge in [0.15, 0.2) is 5.96 Å². The van der Waals surface area contributed by atoms with Gasteiger partial charge in [-0.3, -0.25) is 4.99 Å². The van der Waals surface area contributed by atoms with Crippen molar-refractivity contribution in [1.29, 1.82) is 0 Å². The lowest BCUT2D eigenvalue weighted by atomic mass is 9.90. The van der Waals surface area contributed by atoms with Gasteiger partial charge in [0, 0.05) is 19.6 Å². The summed E-state index contributed by atoms with van der Waals surface area (Å²) in [5.74, 6) is 0.944. The third-order valence-corrected chi connectivity index (χ3v) is 3.22. The molecular weight excluding hydrogens is 349 g/mol. The van der Waals surface area contributed by atoms with E-state index in [-0.39, 0.29) is 24.0 Å². The Bertz CT molecular complexity index is 284. The second kappa shape index (κ2) is 9.61. The Morgan fingerprint density at radius 3 is 2.37 bits per heavy atom. The van der Waals surface area contributed by atoms with Gasteiger partial charge in [0.2, 0.25) is 0 Å². The lowest BCUT2D eigenvalue weighted by Crippen LogP contribution is -2.42. The topological polar surface area (TPSA) is 36.4 Å². The van der Waals surface area contributed by atoms with Crippen molar-refractivity contribution in [2.75, 3.05) is 13.6 Å². The molecule has 0 bridgehead atoms. The maximum atomic E-state index is 4.26. The molecule has 0 unspecified atom stereocenters. The first-order valence-corrected chi connectivity index (χ1v) is 7.13. The second-order valence-electron chi connectivity index (χ2n) is 6.30. The lowest BCUT2D eigenvalue weighted by molar-refractivity contribution is 0.360. The van der Waals surface area contributed by atoms with Crippen LogP contribution in [0.15, 0.2) is 17.1 Å². The lowest BCUT2D eigenvalue weighted by Gasteiger charge is -2.19. The maximum absolute atomic E-state index is 4.26. The number of hydrogen-bond acceptors (Lipinski definition) is 1. The van der Waals surface area contributed by atoms with Gasteiger partial charge in [0.05, 0.1) is 0 Å². The molecule has 0 aliphatic heterocycles. The van der Waals surface area contributed by atoms with Gasteiger partial charge in [-0.05, 0) is 31.1 Å². The van der Waals surface area contributed by atoms with Crippen molar-refractivity contribution in [3.05, 3.63) is 12.2 Å². The summed E-state index contributed by atoms with van der Waals surface area (Å²) >= 11 is 0. The second-order valence-corrected chi connectivity index (χ2v) is 6.30. The SMILES string of the molecule is CN=C(NCCCCC(C)(C)C)NC1CC=CC1.I. The van der Waals surface area contributed by atoms with E-state index in [1.54, 1.807) is 0 Å². The molecule has 0 fully saturated rings. The quantitative estimate of drug-likeness (QED) is 0.251. The van der Waals surface area contributed by atoms with Gasteiger partial charge in [-0.25, -0.2) is 0 Å². The molecule has 2 N–H and O–H groups in total. The van der Waals surface area contributed by atoms with Gasteiger partial charge in [0.1, 0.15) is 0 Å². The van der Waals surface area contributed by atoms with Crippen molar-refractivity contribution in [1.82, 2.24) is 10.6 Å². The van der Waals surface area contributed by atoms with Crippen LogP contribution in [0.3, 0.4) is 0 Å². The molecule has 0 saturated carbocycles. The van der Waals surface area contributed by atoms with Crippen LogP contribution in [0.2, 0.25) is 0 Å². The van der Waals surface area contributed by atoms with E-state index >= 15 is 0 Å². The van der Waals surface area contributed by atoms with E-state index in [4.69, 9.17) is 0 Å². The Morgan fingerprint density at radius 1 is 1.21 bits per heavy atom. The predicted octanol–water partition coefficient (Wildman–Crippen LogP) is 3.70. The smallest absolute Gasteiger partial charge is 0.191 e. The molecule has 0 aromatic heterocycles. The molecular formula is C15H30IN3. The summed E-state index contributed by atoms with van der Waals surface area (Å²) in [6.45, 7) is 7.91. The molecule has 0 spiro atoms. The molecule has 0 aromatic carbocycles. The van der Waals surface area contributed by atoms with E-state index in [2.05, 4.69) is 48.5 Å². The molecule has 1 aliphatic carbocycles. The maximum Gasteiger partial charge on any atom is 0.191 e. The summed E-state index contributed by atoms with van der Waals surface area (Å²) in [5.41, 5.74) is 0.454. The van der Waals surface area contributed by atoms with Gasteiger partial charge in [-0.1, -0.05) is 39.3 Å². The number of unbranched alkanes of at least 4 members (excludes halogenated alkanes) is 1. The summed E-state index contributed by atoms with van der Waals surface area (Å²) in [7, 11) is 1.84. The van der Waals surface area contributed by atoms with Gasteiger partial charge >= 0.3 is 0 Å². The van der Waals surface area contributed by atoms with Crippen molar-refractivity contribution < 1.29 is 0 Å². The summed E-state index contributed by atoms with van der Waals surface area (Å²) in [4.78, 5) is 4.26. The zero-order chi connectivity index (χ0) is 13.4. The zero-order valence-electron chi connectivity index (χ0n) is 12.8. The van der Waals surface area contributed by atoms with E-state index in [1.807, 2.05) is 7.05 Å². The van der Waals surface area contributed by atoms with E-state index in [0.29, 0.717) is 11.5 Å². The Labute approximate surface area is 135 Å². The van der Waals surface area contributed by atoms with E-state index in [0.717, 1.165) is 25.3 Å². The highest BCUT2D eigenvalue weighted by atomic mass is 127. The number of guanidine groups is 1. The number of nitrogens with one attached hydrogen (secondary N) is 2. The highest BCUT2D eigenvalue weighted by Crippen LogP contribution is 2.21. The first-order chi connectivity index (χ1) is 8.51. The van der Waals surface area contributed by atoms with Gasteiger partial charge in [-0.15, -0.1) is 24.0 Å². The fraction of sp³-hybridized carbons (Fsp3) is 0.800. The Balaban J connectivity index is 0.00000324. The third-order valence-electron chi connectivity index (χ3n) is 3.22. The first-order valence-electron chi connectivity index (χ1n) is 7.13. The summed E-state index contributed by atoms with van der Waals surface area (Å²) in [6.07, 6.45) is 10.5. The van der Waals surface area contributed by atoms with Crippen molar-refractivity contribution >= 4 is 29.9 Å². The molecule has 19 heavy (non-hydrogen) atoms. The molecule has 0 radical (unpaired) electrons. The summed E-state index contributed by atoms with van der Waals surface area (Å²) in [5, 5.41) is 6.84. The minimum atomic E-state index is 0. The van der Waals surface area contributed by atoms with Gasteiger partial charge < -0.3 is 10.6 Å². The molecule has 1 rings (SSSR count). The number of halogens is 1. The zero-order valence-corrected chi connectivity index (χ0v) is 15.2. The minimum absolute atomic E-state index is 0. The standard InChI is InChI=1S/C15H29N3.HI/c1-15(2,3)11-7-8-12-17-14(16-4)18-13-9-5-6-10-13;/h5-6,13H,7-12H2,1-4H3,(H2,16,17,18);1H. The number of aliphatic imine (C=N–C) groups is 1. The average molecular weight is 379 g/mol. The van der Waals surface area contributed by atoms with Crippen LogP contribution in [0.25, 0.3) is 0 Å². The molecule has 112 valence electrons. The fourth-order valence-corrected chi connectivity index (χ4v) is 2.11. The van der Waals surface area contributed by atoms with Gasteiger partial charge in [0.25, 0.3) is 0 Å². The molecule has 0 aromatic rings. The van der Waals surface area contributed by atoms with E-state index in [1.165, 1.54) is 19.3 Å². The highest BCUT2D eigenvalue weighted by Gasteiger charge is 2.11. The van der Waals surface area contributed by atoms with Crippen LogP contribution in [-0.4, -0.2) is 25.6 Å². The normalized spacial score (nSPS) is 16.3. The predicted molar refractivity (Wildman–Crippen MR) is 95.4 cm³/mol. The van der Waals surface area contributed by atoms with E-state index < -0.39 is 0 Å². The van der Waals surface area contributed by atoms with Crippen LogP contribution >= 0.6 is 24.0 Å². The van der Waals surface area contributed by atoms with Crippen LogP contribution in [0.4, 0.5) is 0 Å². The highest BCUT2D eigenvalue weighted by molar-refractivity contribution is 14.0. The van der Waals surface area contributed by atoms with Crippen LogP contribution in [0.5, 0.6) is 0 Å². The molecule has 4 heteroatoms. The fourth-order valence-electron chi connectivity index (χ4n) is 2.11. The van der Waals surface area contributed by atoms with E-state index in [9.17, 15) is 0 Å². The largest absolute Gasteiger partial charge is 0.356 e. The number of hydrogen-bond donors (Lipinski definition) is 2. The Kier molecular flexibility index (Phi) is 9.48. The first kappa shape index (κ1) is 18.7. The van der Waals surface area contributed by atoms with Crippen LogP contribution in [-0.2, 0) is 0 Å². The monoisotopic (exact) mass is 379 g/mol. The number of nitrogens with zero attached hydrogens (tertiary/aromatic N) is 1. The van der Waals surface area contributed by atoms with Crippen molar-refractivity contribution in [3.8, 4) is 0 Å². The van der Waals surface area contributed by atoms with Crippen LogP contribution in [0, 0.1) is 5.41 Å². The van der Waals surface area contributed by atoms with Crippen molar-refractivity contribution in [2.45, 2.75) is 58.9 Å². The van der Waals surface area contributed by atoms with Crippen LogP contribution < -0.4 is 10.6 Å². The van der Waals surface area contributed by atoms with Crippen LogP contribution in [0.1, 0.15) is 52.9 Å². The minimum Gasteiger partial charge on any atom is -0.356 e. The molecule has 1 aliphatic rings. The molecule has 0 heterocycles. The molecule has 3 nitrogen and oxygen atoms in total. The summed E-state index contributed by atoms with van der Waals surface area (Å²) < 4.78 is 0. The number of rotatable bonds is 5. The van der Waals surface area contributed by atoms with Gasteiger partial charge in [-0.2, -0.15) is 0 Å². The molecule has 0 atom stereocenters. The molecule has 0 saturated heterocycles. The van der Waals surface area contributed by atoms with Crippen molar-refractivity contribution in [3.63, 3.8) is 0 Å². The Morgan fingerprint density at radius 2 is 1.84 bits per heavy atom. The molecule has 0 amide bonds. The Hall–Kier alpha value is -0.260. The third kappa shape index (κ3) is 9.30.